The number of nitrogens with zero attached hydrogens (tertiary/aromatic N) is 2. The molecular weight excluding hydrogens is 342 g/mol. The van der Waals surface area contributed by atoms with E-state index in [1.54, 1.807) is 6.26 Å². The number of hydrogen-bond donors (Lipinski definition) is 2. The molecule has 0 bridgehead atoms. The van der Waals surface area contributed by atoms with E-state index in [1.165, 1.54) is 6.26 Å². The molecule has 2 heterocycles. The molecule has 0 aliphatic heterocycles. The molecule has 0 saturated heterocycles. The molecule has 0 aromatic carbocycles. The Bertz CT molecular complexity index is 848. The van der Waals surface area contributed by atoms with Crippen LogP contribution in [0.15, 0.2) is 16.9 Å². The number of carboxylic acids is 1. The van der Waals surface area contributed by atoms with Crippen molar-refractivity contribution in [1.29, 1.82) is 5.26 Å². The summed E-state index contributed by atoms with van der Waals surface area (Å²) in [6.45, 7) is 1.85. The topological polar surface area (TPSA) is 116 Å². The van der Waals surface area contributed by atoms with Crippen LogP contribution in [-0.4, -0.2) is 22.0 Å². The summed E-state index contributed by atoms with van der Waals surface area (Å²) in [5, 5.41) is 21.5. The zero-order valence-electron chi connectivity index (χ0n) is 13.6. The van der Waals surface area contributed by atoms with E-state index in [-0.39, 0.29) is 11.8 Å². The zero-order valence-corrected chi connectivity index (χ0v) is 14.4. The van der Waals surface area contributed by atoms with E-state index in [0.29, 0.717) is 35.0 Å². The average molecular weight is 359 g/mol. The molecule has 2 N–H and O–H groups in total. The van der Waals surface area contributed by atoms with Crippen LogP contribution in [0.4, 0.5) is 5.13 Å². The summed E-state index contributed by atoms with van der Waals surface area (Å²) < 4.78 is 5.13. The molecule has 25 heavy (non-hydrogen) atoms. The van der Waals surface area contributed by atoms with E-state index in [9.17, 15) is 14.9 Å². The number of thiazole rings is 1. The molecule has 1 amide bonds. The van der Waals surface area contributed by atoms with Gasteiger partial charge in [0, 0.05) is 11.5 Å². The van der Waals surface area contributed by atoms with Gasteiger partial charge < -0.3 is 14.8 Å². The van der Waals surface area contributed by atoms with E-state index in [1.807, 2.05) is 6.92 Å². The van der Waals surface area contributed by atoms with E-state index < -0.39 is 11.9 Å². The van der Waals surface area contributed by atoms with Gasteiger partial charge in [0.15, 0.2) is 5.13 Å². The third-order valence-electron chi connectivity index (χ3n) is 4.46. The minimum Gasteiger partial charge on any atom is -0.481 e. The van der Waals surface area contributed by atoms with Gasteiger partial charge in [-0.25, -0.2) is 4.98 Å². The highest BCUT2D eigenvalue weighted by Crippen LogP contribution is 2.34. The molecule has 7 nitrogen and oxygen atoms in total. The maximum absolute atomic E-state index is 12.5. The third kappa shape index (κ3) is 3.56. The molecule has 2 aromatic heterocycles. The van der Waals surface area contributed by atoms with Crippen molar-refractivity contribution in [3.8, 4) is 17.3 Å². The molecule has 0 radical (unpaired) electrons. The van der Waals surface area contributed by atoms with Crippen molar-refractivity contribution in [3.05, 3.63) is 23.0 Å². The Balaban J connectivity index is 1.76. The van der Waals surface area contributed by atoms with Gasteiger partial charge in [-0.15, -0.1) is 0 Å². The van der Waals surface area contributed by atoms with Crippen molar-refractivity contribution < 1.29 is 19.1 Å². The van der Waals surface area contributed by atoms with E-state index in [2.05, 4.69) is 16.4 Å². The van der Waals surface area contributed by atoms with Crippen LogP contribution in [-0.2, 0) is 9.59 Å². The fraction of sp³-hybridized carbons (Fsp3) is 0.412. The summed E-state index contributed by atoms with van der Waals surface area (Å²) in [5.74, 6) is -1.90. The second kappa shape index (κ2) is 7.07. The first-order chi connectivity index (χ1) is 12.0. The Morgan fingerprint density at radius 1 is 1.40 bits per heavy atom. The molecule has 2 unspecified atom stereocenters. The molecule has 2 atom stereocenters. The van der Waals surface area contributed by atoms with Crippen LogP contribution in [0, 0.1) is 30.1 Å². The monoisotopic (exact) mass is 359 g/mol. The fourth-order valence-corrected chi connectivity index (χ4v) is 3.87. The maximum Gasteiger partial charge on any atom is 0.306 e. The lowest BCUT2D eigenvalue weighted by molar-refractivity contribution is -0.143. The van der Waals surface area contributed by atoms with Crippen molar-refractivity contribution in [2.45, 2.75) is 32.6 Å². The number of amides is 1. The van der Waals surface area contributed by atoms with Gasteiger partial charge >= 0.3 is 5.97 Å². The van der Waals surface area contributed by atoms with Crippen LogP contribution in [0.2, 0.25) is 0 Å². The molecule has 3 rings (SSSR count). The van der Waals surface area contributed by atoms with Gasteiger partial charge in [-0.05, 0) is 31.7 Å². The van der Waals surface area contributed by atoms with E-state index in [0.717, 1.165) is 28.9 Å². The van der Waals surface area contributed by atoms with Gasteiger partial charge in [-0.1, -0.05) is 17.8 Å². The minimum absolute atomic E-state index is 0.236. The number of carbonyl (C=O) groups is 2. The smallest absolute Gasteiger partial charge is 0.306 e. The Labute approximate surface area is 148 Å². The second-order valence-corrected chi connectivity index (χ2v) is 7.16. The van der Waals surface area contributed by atoms with Gasteiger partial charge in [0.05, 0.1) is 18.4 Å². The fourth-order valence-electron chi connectivity index (χ4n) is 3.09. The minimum atomic E-state index is -0.851. The van der Waals surface area contributed by atoms with E-state index in [4.69, 9.17) is 9.52 Å². The number of nitriles is 1. The number of hydrogen-bond acceptors (Lipinski definition) is 6. The first kappa shape index (κ1) is 17.2. The summed E-state index contributed by atoms with van der Waals surface area (Å²) in [5.41, 5.74) is 2.06. The molecule has 8 heteroatoms. The number of aryl methyl sites for hydroxylation is 1. The van der Waals surface area contributed by atoms with Gasteiger partial charge in [-0.2, -0.15) is 5.26 Å². The number of carbonyl (C=O) groups excluding carboxylic acids is 1. The van der Waals surface area contributed by atoms with Crippen molar-refractivity contribution >= 4 is 28.3 Å². The molecule has 1 fully saturated rings. The number of aromatic nitrogens is 1. The number of rotatable bonds is 4. The number of nitrogens with one attached hydrogen (secondary N) is 1. The molecular formula is C17H17N3O4S. The third-order valence-corrected chi connectivity index (χ3v) is 5.34. The summed E-state index contributed by atoms with van der Waals surface area (Å²) in [6.07, 6.45) is 5.43. The van der Waals surface area contributed by atoms with Gasteiger partial charge in [-0.3, -0.25) is 9.59 Å². The highest BCUT2D eigenvalue weighted by atomic mass is 32.1. The standard InChI is InChI=1S/C17H17N3O4S/c1-9-7-24-8-12(9)14-13(6-18)25-17(19-14)20-15(21)10-3-2-4-11(5-10)16(22)23/h7-8,10-11H,2-5H2,1H3,(H,22,23)(H,19,20,21). The average Bonchev–Trinajstić information content (AvgIpc) is 3.20. The molecule has 0 spiro atoms. The normalized spacial score (nSPS) is 20.0. The van der Waals surface area contributed by atoms with E-state index >= 15 is 0 Å². The SMILES string of the molecule is Cc1cocc1-c1nc(NC(=O)C2CCCC(C(=O)O)C2)sc1C#N. The quantitative estimate of drug-likeness (QED) is 0.864. The number of anilines is 1. The molecule has 130 valence electrons. The highest BCUT2D eigenvalue weighted by molar-refractivity contribution is 7.16. The van der Waals surface area contributed by atoms with Gasteiger partial charge in [0.25, 0.3) is 0 Å². The van der Waals surface area contributed by atoms with Crippen molar-refractivity contribution in [1.82, 2.24) is 4.98 Å². The van der Waals surface area contributed by atoms with Crippen molar-refractivity contribution in [2.75, 3.05) is 5.32 Å². The molecule has 2 aromatic rings. The van der Waals surface area contributed by atoms with Crippen molar-refractivity contribution in [2.24, 2.45) is 11.8 Å². The van der Waals surface area contributed by atoms with Crippen LogP contribution in [0.1, 0.15) is 36.1 Å². The number of furan rings is 1. The van der Waals surface area contributed by atoms with Crippen molar-refractivity contribution in [3.63, 3.8) is 0 Å². The molecule has 1 aliphatic carbocycles. The Morgan fingerprint density at radius 2 is 2.16 bits per heavy atom. The zero-order chi connectivity index (χ0) is 18.0. The van der Waals surface area contributed by atoms with Gasteiger partial charge in [0.1, 0.15) is 16.6 Å². The summed E-state index contributed by atoms with van der Waals surface area (Å²) in [4.78, 5) is 28.4. The summed E-state index contributed by atoms with van der Waals surface area (Å²) in [6, 6.07) is 2.09. The lowest BCUT2D eigenvalue weighted by Crippen LogP contribution is -2.30. The predicted octanol–water partition coefficient (Wildman–Crippen LogP) is 3.41. The van der Waals surface area contributed by atoms with Crippen LogP contribution in [0.3, 0.4) is 0 Å². The summed E-state index contributed by atoms with van der Waals surface area (Å²) in [7, 11) is 0. The van der Waals surface area contributed by atoms with Crippen LogP contribution >= 0.6 is 11.3 Å². The maximum atomic E-state index is 12.5. The first-order valence-electron chi connectivity index (χ1n) is 7.97. The largest absolute Gasteiger partial charge is 0.481 e. The molecule has 1 saturated carbocycles. The second-order valence-electron chi connectivity index (χ2n) is 6.16. The number of aliphatic carboxylic acids is 1. The molecule has 1 aliphatic rings. The van der Waals surface area contributed by atoms with Gasteiger partial charge in [0.2, 0.25) is 5.91 Å². The predicted molar refractivity (Wildman–Crippen MR) is 91.0 cm³/mol. The lowest BCUT2D eigenvalue weighted by atomic mass is 9.81. The Morgan fingerprint density at radius 3 is 2.80 bits per heavy atom. The van der Waals surface area contributed by atoms with Crippen LogP contribution in [0.25, 0.3) is 11.3 Å². The number of carboxylic acid groups (broad SMARTS) is 1. The van der Waals surface area contributed by atoms with Crippen LogP contribution < -0.4 is 5.32 Å². The van der Waals surface area contributed by atoms with Crippen LogP contribution in [0.5, 0.6) is 0 Å². The Kier molecular flexibility index (Phi) is 4.86. The Hall–Kier alpha value is -2.66. The lowest BCUT2D eigenvalue weighted by Gasteiger charge is -2.25. The summed E-state index contributed by atoms with van der Waals surface area (Å²) >= 11 is 1.10. The first-order valence-corrected chi connectivity index (χ1v) is 8.79. The highest BCUT2D eigenvalue weighted by Gasteiger charge is 2.31.